The molecule has 1 unspecified atom stereocenters. The lowest BCUT2D eigenvalue weighted by atomic mass is 10.3. The van der Waals surface area contributed by atoms with Crippen LogP contribution in [0.5, 0.6) is 11.5 Å². The summed E-state index contributed by atoms with van der Waals surface area (Å²) in [5.74, 6) is 1.95. The van der Waals surface area contributed by atoms with Crippen molar-refractivity contribution in [1.82, 2.24) is 5.32 Å². The monoisotopic (exact) mass is 237 g/mol. The number of methoxy groups -OCH3 is 1. The molecule has 0 fully saturated rings. The highest BCUT2D eigenvalue weighted by atomic mass is 16.5. The molecule has 94 valence electrons. The summed E-state index contributed by atoms with van der Waals surface area (Å²) in [5.41, 5.74) is 5.52. The van der Waals surface area contributed by atoms with E-state index in [4.69, 9.17) is 15.2 Å². The van der Waals surface area contributed by atoms with Crippen molar-refractivity contribution in [2.75, 3.05) is 20.7 Å². The van der Waals surface area contributed by atoms with Gasteiger partial charge < -0.3 is 20.5 Å². The van der Waals surface area contributed by atoms with Crippen LogP contribution in [0.4, 0.5) is 0 Å². The smallest absolute Gasteiger partial charge is 0.188 e. The molecule has 1 atom stereocenters. The van der Waals surface area contributed by atoms with Gasteiger partial charge in [-0.15, -0.1) is 0 Å². The molecular formula is C12H19N3O2. The Bertz CT molecular complexity index is 380. The summed E-state index contributed by atoms with van der Waals surface area (Å²) in [4.78, 5) is 3.80. The van der Waals surface area contributed by atoms with Crippen LogP contribution in [0.2, 0.25) is 0 Å². The van der Waals surface area contributed by atoms with Crippen LogP contribution in [-0.2, 0) is 0 Å². The maximum absolute atomic E-state index is 5.70. The average Bonchev–Trinajstić information content (AvgIpc) is 2.36. The van der Waals surface area contributed by atoms with Crippen LogP contribution in [0.1, 0.15) is 6.92 Å². The summed E-state index contributed by atoms with van der Waals surface area (Å²) < 4.78 is 10.8. The molecule has 0 aliphatic carbocycles. The van der Waals surface area contributed by atoms with Crippen LogP contribution in [0.25, 0.3) is 0 Å². The van der Waals surface area contributed by atoms with E-state index in [1.807, 2.05) is 31.2 Å². The highest BCUT2D eigenvalue weighted by molar-refractivity contribution is 5.77. The molecule has 17 heavy (non-hydrogen) atoms. The predicted octanol–water partition coefficient (Wildman–Crippen LogP) is 0.997. The highest BCUT2D eigenvalue weighted by Gasteiger charge is 2.04. The summed E-state index contributed by atoms with van der Waals surface area (Å²) in [5, 5.41) is 2.95. The lowest BCUT2D eigenvalue weighted by Crippen LogP contribution is -2.38. The maximum Gasteiger partial charge on any atom is 0.188 e. The third-order valence-corrected chi connectivity index (χ3v) is 2.19. The van der Waals surface area contributed by atoms with E-state index in [9.17, 15) is 0 Å². The van der Waals surface area contributed by atoms with Crippen molar-refractivity contribution < 1.29 is 9.47 Å². The minimum absolute atomic E-state index is 0.0117. The molecule has 0 spiro atoms. The van der Waals surface area contributed by atoms with Gasteiger partial charge in [0.15, 0.2) is 5.96 Å². The van der Waals surface area contributed by atoms with Crippen molar-refractivity contribution in [1.29, 1.82) is 0 Å². The Balaban J connectivity index is 2.47. The summed E-state index contributed by atoms with van der Waals surface area (Å²) in [6.07, 6.45) is -0.0117. The fourth-order valence-electron chi connectivity index (χ4n) is 1.28. The minimum atomic E-state index is -0.0117. The average molecular weight is 237 g/mol. The molecule has 1 aromatic carbocycles. The molecule has 1 aromatic rings. The van der Waals surface area contributed by atoms with Crippen molar-refractivity contribution in [2.45, 2.75) is 13.0 Å². The van der Waals surface area contributed by atoms with Gasteiger partial charge in [0.05, 0.1) is 13.7 Å². The molecule has 0 aliphatic rings. The van der Waals surface area contributed by atoms with Crippen molar-refractivity contribution in [3.05, 3.63) is 24.3 Å². The molecule has 3 N–H and O–H groups in total. The van der Waals surface area contributed by atoms with E-state index in [1.54, 1.807) is 14.2 Å². The Morgan fingerprint density at radius 2 is 2.18 bits per heavy atom. The summed E-state index contributed by atoms with van der Waals surface area (Å²) in [7, 11) is 3.26. The Morgan fingerprint density at radius 1 is 1.47 bits per heavy atom. The van der Waals surface area contributed by atoms with E-state index in [2.05, 4.69) is 10.3 Å². The third kappa shape index (κ3) is 4.63. The molecule has 0 aliphatic heterocycles. The van der Waals surface area contributed by atoms with Crippen LogP contribution in [0.3, 0.4) is 0 Å². The van der Waals surface area contributed by atoms with E-state index in [1.165, 1.54) is 0 Å². The quantitative estimate of drug-likeness (QED) is 0.592. The number of nitrogens with two attached hydrogens (primary N) is 1. The topological polar surface area (TPSA) is 68.9 Å². The van der Waals surface area contributed by atoms with Crippen LogP contribution < -0.4 is 20.5 Å². The molecule has 5 nitrogen and oxygen atoms in total. The molecular weight excluding hydrogens is 218 g/mol. The van der Waals surface area contributed by atoms with E-state index in [0.29, 0.717) is 12.5 Å². The van der Waals surface area contributed by atoms with Crippen molar-refractivity contribution >= 4 is 5.96 Å². The van der Waals surface area contributed by atoms with Crippen LogP contribution in [0.15, 0.2) is 29.3 Å². The second-order valence-corrected chi connectivity index (χ2v) is 3.60. The van der Waals surface area contributed by atoms with Crippen molar-refractivity contribution in [3.8, 4) is 11.5 Å². The van der Waals surface area contributed by atoms with Gasteiger partial charge in [0, 0.05) is 13.1 Å². The van der Waals surface area contributed by atoms with Crippen LogP contribution in [0, 0.1) is 0 Å². The van der Waals surface area contributed by atoms with E-state index < -0.39 is 0 Å². The molecule has 0 radical (unpaired) electrons. The predicted molar refractivity (Wildman–Crippen MR) is 68.6 cm³/mol. The van der Waals surface area contributed by atoms with Crippen LogP contribution in [-0.4, -0.2) is 32.8 Å². The number of hydrogen-bond acceptors (Lipinski definition) is 3. The van der Waals surface area contributed by atoms with Gasteiger partial charge in [-0.3, -0.25) is 4.99 Å². The zero-order valence-electron chi connectivity index (χ0n) is 10.4. The number of guanidine groups is 1. The highest BCUT2D eigenvalue weighted by Crippen LogP contribution is 2.19. The molecule has 5 heteroatoms. The minimum Gasteiger partial charge on any atom is -0.497 e. The van der Waals surface area contributed by atoms with Crippen molar-refractivity contribution in [2.24, 2.45) is 10.7 Å². The fourth-order valence-corrected chi connectivity index (χ4v) is 1.28. The van der Waals surface area contributed by atoms with E-state index in [-0.39, 0.29) is 6.10 Å². The summed E-state index contributed by atoms with van der Waals surface area (Å²) >= 11 is 0. The number of nitrogens with one attached hydrogen (secondary N) is 1. The zero-order valence-corrected chi connectivity index (χ0v) is 10.4. The van der Waals surface area contributed by atoms with Gasteiger partial charge in [-0.2, -0.15) is 0 Å². The maximum atomic E-state index is 5.70. The first-order valence-corrected chi connectivity index (χ1v) is 5.42. The summed E-state index contributed by atoms with van der Waals surface area (Å²) in [6, 6.07) is 7.48. The zero-order chi connectivity index (χ0) is 12.7. The molecule has 0 amide bonds. The van der Waals surface area contributed by atoms with Crippen LogP contribution >= 0.6 is 0 Å². The first-order chi connectivity index (χ1) is 8.15. The Morgan fingerprint density at radius 3 is 2.82 bits per heavy atom. The number of nitrogens with zero attached hydrogens (tertiary/aromatic N) is 1. The van der Waals surface area contributed by atoms with Crippen molar-refractivity contribution in [3.63, 3.8) is 0 Å². The Hall–Kier alpha value is -1.91. The lowest BCUT2D eigenvalue weighted by molar-refractivity contribution is 0.223. The second kappa shape index (κ2) is 6.62. The van der Waals surface area contributed by atoms with Gasteiger partial charge in [0.1, 0.15) is 17.6 Å². The molecule has 0 bridgehead atoms. The number of hydrogen-bond donors (Lipinski definition) is 2. The van der Waals surface area contributed by atoms with Gasteiger partial charge >= 0.3 is 0 Å². The summed E-state index contributed by atoms with van der Waals surface area (Å²) in [6.45, 7) is 2.55. The molecule has 0 saturated carbocycles. The molecule has 0 saturated heterocycles. The Labute approximate surface area is 102 Å². The fraction of sp³-hybridized carbons (Fsp3) is 0.417. The van der Waals surface area contributed by atoms with Gasteiger partial charge in [-0.25, -0.2) is 0 Å². The number of rotatable bonds is 5. The SMILES string of the molecule is CN=C(N)NCC(C)Oc1cccc(OC)c1. The Kier molecular flexibility index (Phi) is 5.13. The molecule has 0 heterocycles. The first kappa shape index (κ1) is 13.2. The van der Waals surface area contributed by atoms with Gasteiger partial charge in [0.2, 0.25) is 0 Å². The van der Waals surface area contributed by atoms with E-state index >= 15 is 0 Å². The lowest BCUT2D eigenvalue weighted by Gasteiger charge is -2.16. The number of aliphatic imine (C=N–C) groups is 1. The number of ether oxygens (including phenoxy) is 2. The largest absolute Gasteiger partial charge is 0.497 e. The second-order valence-electron chi connectivity index (χ2n) is 3.60. The number of benzene rings is 1. The normalized spacial score (nSPS) is 13.0. The first-order valence-electron chi connectivity index (χ1n) is 5.42. The van der Waals surface area contributed by atoms with E-state index in [0.717, 1.165) is 11.5 Å². The standard InChI is InChI=1S/C12H19N3O2/c1-9(8-15-12(13)14-2)17-11-6-4-5-10(7-11)16-3/h4-7,9H,8H2,1-3H3,(H3,13,14,15). The molecule has 1 rings (SSSR count). The molecule has 0 aromatic heterocycles. The van der Waals surface area contributed by atoms with Gasteiger partial charge in [0.25, 0.3) is 0 Å². The van der Waals surface area contributed by atoms with Gasteiger partial charge in [-0.05, 0) is 19.1 Å². The third-order valence-electron chi connectivity index (χ3n) is 2.19. The van der Waals surface area contributed by atoms with Gasteiger partial charge in [-0.1, -0.05) is 6.07 Å².